The Hall–Kier alpha value is -3.91. The molecule has 1 unspecified atom stereocenters. The average Bonchev–Trinajstić information content (AvgIpc) is 3.18. The van der Waals surface area contributed by atoms with E-state index in [0.717, 1.165) is 41.0 Å². The molecule has 2 heterocycles. The maximum atomic E-state index is 11.9. The van der Waals surface area contributed by atoms with E-state index in [2.05, 4.69) is 14.7 Å². The lowest BCUT2D eigenvalue weighted by molar-refractivity contribution is -0.123. The molecule has 1 aliphatic carbocycles. The van der Waals surface area contributed by atoms with Crippen LogP contribution in [-0.2, 0) is 11.4 Å². The molecule has 0 saturated heterocycles. The molecule has 1 atom stereocenters. The van der Waals surface area contributed by atoms with Gasteiger partial charge in [-0.05, 0) is 38.0 Å². The van der Waals surface area contributed by atoms with Crippen LogP contribution in [0.4, 0.5) is 11.5 Å². The summed E-state index contributed by atoms with van der Waals surface area (Å²) in [7, 11) is 0. The first-order valence-electron chi connectivity index (χ1n) is 11.4. The van der Waals surface area contributed by atoms with Crippen LogP contribution in [0.3, 0.4) is 0 Å². The number of para-hydroxylation sites is 1. The van der Waals surface area contributed by atoms with Crippen LogP contribution in [0.1, 0.15) is 43.5 Å². The van der Waals surface area contributed by atoms with Gasteiger partial charge in [0.2, 0.25) is 0 Å². The van der Waals surface area contributed by atoms with E-state index < -0.39 is 12.0 Å². The van der Waals surface area contributed by atoms with E-state index in [1.807, 2.05) is 48.7 Å². The summed E-state index contributed by atoms with van der Waals surface area (Å²) in [4.78, 5) is 21.2. The maximum absolute atomic E-state index is 11.9. The molecule has 1 amide bonds. The SMILES string of the molecule is CC(O)C(=O)Nc1ccccc1COc1cccc(-c2nc(C3CCC3)n3ccnc(N)c23)c1. The van der Waals surface area contributed by atoms with E-state index in [9.17, 15) is 9.90 Å². The van der Waals surface area contributed by atoms with Gasteiger partial charge in [-0.1, -0.05) is 36.8 Å². The number of carbonyl (C=O) groups is 1. The lowest BCUT2D eigenvalue weighted by atomic mass is 9.85. The first kappa shape index (κ1) is 21.9. The molecule has 1 aliphatic rings. The van der Waals surface area contributed by atoms with Crippen LogP contribution in [0.15, 0.2) is 60.9 Å². The lowest BCUT2D eigenvalue weighted by Gasteiger charge is -2.23. The van der Waals surface area contributed by atoms with E-state index in [0.29, 0.717) is 23.2 Å². The molecule has 2 aromatic carbocycles. The molecular weight excluding hydrogens is 430 g/mol. The third kappa shape index (κ3) is 4.20. The number of nitrogens with zero attached hydrogens (tertiary/aromatic N) is 3. The van der Waals surface area contributed by atoms with Crippen molar-refractivity contribution in [1.29, 1.82) is 0 Å². The molecule has 34 heavy (non-hydrogen) atoms. The number of hydrogen-bond acceptors (Lipinski definition) is 6. The Kier molecular flexibility index (Phi) is 5.90. The Morgan fingerprint density at radius 1 is 1.26 bits per heavy atom. The summed E-state index contributed by atoms with van der Waals surface area (Å²) in [6, 6.07) is 15.1. The third-order valence-corrected chi connectivity index (χ3v) is 6.24. The van der Waals surface area contributed by atoms with Crippen molar-refractivity contribution in [1.82, 2.24) is 14.4 Å². The number of hydrogen-bond donors (Lipinski definition) is 3. The summed E-state index contributed by atoms with van der Waals surface area (Å²) in [5.74, 6) is 2.12. The number of rotatable bonds is 7. The van der Waals surface area contributed by atoms with Gasteiger partial charge in [0.25, 0.3) is 5.91 Å². The van der Waals surface area contributed by atoms with Gasteiger partial charge in [0.15, 0.2) is 0 Å². The van der Waals surface area contributed by atoms with Crippen molar-refractivity contribution in [3.05, 3.63) is 72.3 Å². The van der Waals surface area contributed by atoms with E-state index in [1.54, 1.807) is 12.3 Å². The zero-order chi connectivity index (χ0) is 23.7. The normalized spacial score (nSPS) is 14.5. The highest BCUT2D eigenvalue weighted by Gasteiger charge is 2.27. The van der Waals surface area contributed by atoms with Crippen molar-refractivity contribution >= 4 is 22.9 Å². The van der Waals surface area contributed by atoms with Crippen molar-refractivity contribution in [3.63, 3.8) is 0 Å². The number of fused-ring (bicyclic) bond motifs is 1. The number of nitrogens with one attached hydrogen (secondary N) is 1. The highest BCUT2D eigenvalue weighted by Crippen LogP contribution is 2.39. The van der Waals surface area contributed by atoms with Gasteiger partial charge >= 0.3 is 0 Å². The molecular formula is C26H27N5O3. The number of benzene rings is 2. The zero-order valence-electron chi connectivity index (χ0n) is 18.9. The molecule has 0 radical (unpaired) electrons. The zero-order valence-corrected chi connectivity index (χ0v) is 18.9. The fraction of sp³-hybridized carbons (Fsp3) is 0.269. The van der Waals surface area contributed by atoms with Crippen LogP contribution in [0.5, 0.6) is 5.75 Å². The Bertz CT molecular complexity index is 1340. The molecule has 4 aromatic rings. The topological polar surface area (TPSA) is 115 Å². The summed E-state index contributed by atoms with van der Waals surface area (Å²) in [5.41, 5.74) is 10.2. The van der Waals surface area contributed by atoms with Crippen LogP contribution < -0.4 is 15.8 Å². The number of anilines is 2. The molecule has 4 N–H and O–H groups in total. The molecule has 8 nitrogen and oxygen atoms in total. The number of amides is 1. The van der Waals surface area contributed by atoms with E-state index in [-0.39, 0.29) is 6.61 Å². The van der Waals surface area contributed by atoms with Crippen LogP contribution in [0.25, 0.3) is 16.8 Å². The van der Waals surface area contributed by atoms with Crippen molar-refractivity contribution < 1.29 is 14.6 Å². The van der Waals surface area contributed by atoms with E-state index in [1.165, 1.54) is 13.3 Å². The van der Waals surface area contributed by atoms with Crippen LogP contribution >= 0.6 is 0 Å². The summed E-state index contributed by atoms with van der Waals surface area (Å²) >= 11 is 0. The minimum Gasteiger partial charge on any atom is -0.489 e. The molecule has 0 spiro atoms. The molecule has 0 bridgehead atoms. The van der Waals surface area contributed by atoms with Gasteiger partial charge in [0.05, 0.1) is 0 Å². The standard InChI is InChI=1S/C26H27N5O3/c1-16(32)26(33)29-21-11-3-2-6-19(21)15-34-20-10-5-9-18(14-20)22-23-24(27)28-12-13-31(23)25(30-22)17-7-4-8-17/h2-3,5-6,9-14,16-17,32H,4,7-8,15H2,1H3,(H2,27,28)(H,29,33). The van der Waals surface area contributed by atoms with Crippen molar-refractivity contribution in [2.45, 2.75) is 44.8 Å². The Morgan fingerprint density at radius 2 is 2.09 bits per heavy atom. The highest BCUT2D eigenvalue weighted by atomic mass is 16.5. The fourth-order valence-electron chi connectivity index (χ4n) is 4.14. The third-order valence-electron chi connectivity index (χ3n) is 6.24. The summed E-state index contributed by atoms with van der Waals surface area (Å²) in [6.07, 6.45) is 6.03. The van der Waals surface area contributed by atoms with Crippen LogP contribution in [0.2, 0.25) is 0 Å². The molecule has 174 valence electrons. The number of imidazole rings is 1. The fourth-order valence-corrected chi connectivity index (χ4v) is 4.14. The first-order valence-corrected chi connectivity index (χ1v) is 11.4. The smallest absolute Gasteiger partial charge is 0.252 e. The quantitative estimate of drug-likeness (QED) is 0.384. The first-order chi connectivity index (χ1) is 16.5. The van der Waals surface area contributed by atoms with Gasteiger partial charge in [0.1, 0.15) is 41.3 Å². The number of ether oxygens (including phenoxy) is 1. The molecule has 2 aromatic heterocycles. The van der Waals surface area contributed by atoms with Gasteiger partial charge in [-0.3, -0.25) is 9.20 Å². The number of nitrogens with two attached hydrogens (primary N) is 1. The maximum Gasteiger partial charge on any atom is 0.252 e. The number of aromatic nitrogens is 3. The number of carbonyl (C=O) groups excluding carboxylic acids is 1. The van der Waals surface area contributed by atoms with Gasteiger partial charge in [-0.25, -0.2) is 9.97 Å². The minimum atomic E-state index is -1.10. The highest BCUT2D eigenvalue weighted by molar-refractivity contribution is 5.94. The monoisotopic (exact) mass is 457 g/mol. The van der Waals surface area contributed by atoms with Crippen molar-refractivity contribution in [3.8, 4) is 17.0 Å². The molecule has 8 heteroatoms. The van der Waals surface area contributed by atoms with Gasteiger partial charge in [0, 0.05) is 35.1 Å². The number of nitrogen functional groups attached to an aromatic ring is 1. The Labute approximate surface area is 197 Å². The number of aliphatic hydroxyl groups is 1. The van der Waals surface area contributed by atoms with Gasteiger partial charge < -0.3 is 20.9 Å². The summed E-state index contributed by atoms with van der Waals surface area (Å²) < 4.78 is 8.14. The van der Waals surface area contributed by atoms with Gasteiger partial charge in [-0.15, -0.1) is 0 Å². The molecule has 5 rings (SSSR count). The predicted octanol–water partition coefficient (Wildman–Crippen LogP) is 4.14. The predicted molar refractivity (Wildman–Crippen MR) is 131 cm³/mol. The second-order valence-electron chi connectivity index (χ2n) is 8.62. The van der Waals surface area contributed by atoms with Crippen LogP contribution in [0, 0.1) is 0 Å². The Morgan fingerprint density at radius 3 is 2.85 bits per heavy atom. The molecule has 0 aliphatic heterocycles. The summed E-state index contributed by atoms with van der Waals surface area (Å²) in [5, 5.41) is 12.2. The lowest BCUT2D eigenvalue weighted by Crippen LogP contribution is -2.25. The van der Waals surface area contributed by atoms with E-state index in [4.69, 9.17) is 15.5 Å². The van der Waals surface area contributed by atoms with Crippen molar-refractivity contribution in [2.75, 3.05) is 11.1 Å². The minimum absolute atomic E-state index is 0.251. The average molecular weight is 458 g/mol. The van der Waals surface area contributed by atoms with Gasteiger partial charge in [-0.2, -0.15) is 0 Å². The second-order valence-corrected chi connectivity index (χ2v) is 8.62. The second kappa shape index (κ2) is 9.15. The summed E-state index contributed by atoms with van der Waals surface area (Å²) in [6.45, 7) is 1.68. The van der Waals surface area contributed by atoms with E-state index >= 15 is 0 Å². The largest absolute Gasteiger partial charge is 0.489 e. The number of aliphatic hydroxyl groups excluding tert-OH is 1. The Balaban J connectivity index is 1.42. The molecule has 1 fully saturated rings. The van der Waals surface area contributed by atoms with Crippen LogP contribution in [-0.4, -0.2) is 31.5 Å². The van der Waals surface area contributed by atoms with Crippen molar-refractivity contribution in [2.24, 2.45) is 0 Å². The molecule has 1 saturated carbocycles.